The number of esters is 1. The first-order valence-corrected chi connectivity index (χ1v) is 9.25. The number of thiazole rings is 1. The van der Waals surface area contributed by atoms with E-state index in [1.54, 1.807) is 36.6 Å². The van der Waals surface area contributed by atoms with Gasteiger partial charge in [0.15, 0.2) is 18.3 Å². The lowest BCUT2D eigenvalue weighted by atomic mass is 10.1. The zero-order valence-corrected chi connectivity index (χ0v) is 16.2. The van der Waals surface area contributed by atoms with Crippen molar-refractivity contribution in [2.24, 2.45) is 0 Å². The van der Waals surface area contributed by atoms with Gasteiger partial charge < -0.3 is 14.8 Å². The van der Waals surface area contributed by atoms with Crippen LogP contribution in [0.1, 0.15) is 33.4 Å². The van der Waals surface area contributed by atoms with Gasteiger partial charge in [-0.05, 0) is 19.1 Å². The van der Waals surface area contributed by atoms with Crippen LogP contribution >= 0.6 is 11.3 Å². The standard InChI is InChI=1S/C19H19N3O5S/c1-12-11-28-19(22-12)14(9-20)15(23)10-27-17(24)7-8-21-18(25)13-5-3-4-6-16(13)26-2/h3-6,11,14H,7-8,10H2,1-2H3,(H,21,25)/t14-/m1/s1. The molecule has 1 aromatic heterocycles. The van der Waals surface area contributed by atoms with Crippen LogP contribution in [0.2, 0.25) is 0 Å². The fourth-order valence-electron chi connectivity index (χ4n) is 2.28. The summed E-state index contributed by atoms with van der Waals surface area (Å²) >= 11 is 1.21. The van der Waals surface area contributed by atoms with E-state index in [-0.39, 0.29) is 18.9 Å². The summed E-state index contributed by atoms with van der Waals surface area (Å²) in [7, 11) is 1.46. The number of hydrogen-bond donors (Lipinski definition) is 1. The SMILES string of the molecule is COc1ccccc1C(=O)NCCC(=O)OCC(=O)[C@@H](C#N)c1nc(C)cs1. The average Bonchev–Trinajstić information content (AvgIpc) is 3.12. The van der Waals surface area contributed by atoms with Crippen molar-refractivity contribution < 1.29 is 23.9 Å². The van der Waals surface area contributed by atoms with Crippen molar-refractivity contribution in [3.05, 3.63) is 45.9 Å². The average molecular weight is 401 g/mol. The quantitative estimate of drug-likeness (QED) is 0.638. The van der Waals surface area contributed by atoms with Gasteiger partial charge in [-0.2, -0.15) is 5.26 Å². The minimum atomic E-state index is -1.06. The molecule has 8 nitrogen and oxygen atoms in total. The molecule has 0 spiro atoms. The molecule has 0 bridgehead atoms. The molecule has 0 aliphatic carbocycles. The maximum atomic E-state index is 12.1. The molecule has 0 fully saturated rings. The van der Waals surface area contributed by atoms with E-state index in [1.807, 2.05) is 6.07 Å². The largest absolute Gasteiger partial charge is 0.496 e. The number of hydrogen-bond acceptors (Lipinski definition) is 8. The highest BCUT2D eigenvalue weighted by Crippen LogP contribution is 2.21. The number of nitriles is 1. The molecule has 1 amide bonds. The van der Waals surface area contributed by atoms with Crippen LogP contribution in [0.5, 0.6) is 5.75 Å². The number of ketones is 1. The molecule has 1 atom stereocenters. The number of rotatable bonds is 9. The second-order valence-corrected chi connectivity index (χ2v) is 6.61. The van der Waals surface area contributed by atoms with Crippen LogP contribution in [0.4, 0.5) is 0 Å². The molecule has 9 heteroatoms. The van der Waals surface area contributed by atoms with Crippen molar-refractivity contribution in [2.45, 2.75) is 19.3 Å². The second-order valence-electron chi connectivity index (χ2n) is 5.72. The van der Waals surface area contributed by atoms with Crippen LogP contribution in [-0.2, 0) is 14.3 Å². The first-order chi connectivity index (χ1) is 13.5. The zero-order chi connectivity index (χ0) is 20.5. The Morgan fingerprint density at radius 3 is 2.71 bits per heavy atom. The number of aryl methyl sites for hydroxylation is 1. The van der Waals surface area contributed by atoms with Crippen molar-refractivity contribution in [1.82, 2.24) is 10.3 Å². The number of aromatic nitrogens is 1. The normalized spacial score (nSPS) is 11.2. The highest BCUT2D eigenvalue weighted by Gasteiger charge is 2.24. The van der Waals surface area contributed by atoms with Crippen molar-refractivity contribution in [3.63, 3.8) is 0 Å². The van der Waals surface area contributed by atoms with Crippen molar-refractivity contribution in [2.75, 3.05) is 20.3 Å². The van der Waals surface area contributed by atoms with E-state index in [9.17, 15) is 19.6 Å². The van der Waals surface area contributed by atoms with Crippen LogP contribution in [0.15, 0.2) is 29.6 Å². The van der Waals surface area contributed by atoms with E-state index in [0.717, 1.165) is 5.69 Å². The Balaban J connectivity index is 1.77. The smallest absolute Gasteiger partial charge is 0.308 e. The number of benzene rings is 1. The van der Waals surface area contributed by atoms with Gasteiger partial charge in [0.2, 0.25) is 0 Å². The fraction of sp³-hybridized carbons (Fsp3) is 0.316. The van der Waals surface area contributed by atoms with Gasteiger partial charge in [-0.3, -0.25) is 14.4 Å². The van der Waals surface area contributed by atoms with E-state index in [1.165, 1.54) is 18.4 Å². The Bertz CT molecular complexity index is 903. The molecule has 0 saturated heterocycles. The summed E-state index contributed by atoms with van der Waals surface area (Å²) in [5, 5.41) is 13.9. The van der Waals surface area contributed by atoms with Gasteiger partial charge in [0.1, 0.15) is 10.8 Å². The summed E-state index contributed by atoms with van der Waals surface area (Å²) < 4.78 is 10.0. The first kappa shape index (κ1) is 21.1. The third-order valence-electron chi connectivity index (χ3n) is 3.68. The molecule has 0 aliphatic heterocycles. The monoisotopic (exact) mass is 401 g/mol. The molecule has 0 aliphatic rings. The van der Waals surface area contributed by atoms with Gasteiger partial charge in [0, 0.05) is 17.6 Å². The molecule has 2 rings (SSSR count). The predicted octanol–water partition coefficient (Wildman–Crippen LogP) is 2.00. The Morgan fingerprint density at radius 1 is 1.32 bits per heavy atom. The maximum Gasteiger partial charge on any atom is 0.308 e. The summed E-state index contributed by atoms with van der Waals surface area (Å²) in [6.07, 6.45) is -0.109. The summed E-state index contributed by atoms with van der Waals surface area (Å²) in [6.45, 7) is 1.28. The van der Waals surface area contributed by atoms with Crippen LogP contribution in [0.3, 0.4) is 0 Å². The third-order valence-corrected chi connectivity index (χ3v) is 4.70. The van der Waals surface area contributed by atoms with Gasteiger partial charge >= 0.3 is 5.97 Å². The van der Waals surface area contributed by atoms with Crippen LogP contribution in [0, 0.1) is 18.3 Å². The second kappa shape index (κ2) is 10.2. The lowest BCUT2D eigenvalue weighted by Crippen LogP contribution is -2.27. The Morgan fingerprint density at radius 2 is 2.07 bits per heavy atom. The fourth-order valence-corrected chi connectivity index (χ4v) is 3.14. The number of Topliss-reactive ketones (excluding diaryl/α,β-unsaturated/α-hetero) is 1. The maximum absolute atomic E-state index is 12.1. The molecule has 0 unspecified atom stereocenters. The minimum absolute atomic E-state index is 0.0389. The number of ether oxygens (including phenoxy) is 2. The summed E-state index contributed by atoms with van der Waals surface area (Å²) in [6, 6.07) is 8.59. The number of methoxy groups -OCH3 is 1. The van der Waals surface area contributed by atoms with Gasteiger partial charge in [-0.25, -0.2) is 4.98 Å². The van der Waals surface area contributed by atoms with Gasteiger partial charge in [-0.15, -0.1) is 11.3 Å². The van der Waals surface area contributed by atoms with Crippen LogP contribution in [-0.4, -0.2) is 42.9 Å². The predicted molar refractivity (Wildman–Crippen MR) is 101 cm³/mol. The van der Waals surface area contributed by atoms with Gasteiger partial charge in [0.05, 0.1) is 25.2 Å². The molecule has 28 heavy (non-hydrogen) atoms. The molecular formula is C19H19N3O5S. The molecule has 1 heterocycles. The summed E-state index contributed by atoms with van der Waals surface area (Å²) in [5.41, 5.74) is 1.07. The topological polar surface area (TPSA) is 118 Å². The van der Waals surface area contributed by atoms with E-state index in [0.29, 0.717) is 16.3 Å². The van der Waals surface area contributed by atoms with E-state index < -0.39 is 24.3 Å². The Labute approximate surface area is 166 Å². The van der Waals surface area contributed by atoms with Gasteiger partial charge in [0.25, 0.3) is 5.91 Å². The van der Waals surface area contributed by atoms with Crippen molar-refractivity contribution in [1.29, 1.82) is 5.26 Å². The Hall–Kier alpha value is -3.25. The molecule has 1 aromatic carbocycles. The van der Waals surface area contributed by atoms with Gasteiger partial charge in [-0.1, -0.05) is 12.1 Å². The van der Waals surface area contributed by atoms with Crippen LogP contribution in [0.25, 0.3) is 0 Å². The summed E-state index contributed by atoms with van der Waals surface area (Å²) in [5.74, 6) is -2.21. The number of amides is 1. The molecule has 2 aromatic rings. The van der Waals surface area contributed by atoms with E-state index >= 15 is 0 Å². The number of para-hydroxylation sites is 1. The highest BCUT2D eigenvalue weighted by molar-refractivity contribution is 7.09. The van der Waals surface area contributed by atoms with E-state index in [4.69, 9.17) is 9.47 Å². The lowest BCUT2D eigenvalue weighted by Gasteiger charge is -2.09. The molecule has 0 saturated carbocycles. The molecule has 0 radical (unpaired) electrons. The van der Waals surface area contributed by atoms with E-state index in [2.05, 4.69) is 10.3 Å². The number of nitrogens with zero attached hydrogens (tertiary/aromatic N) is 2. The Kier molecular flexibility index (Phi) is 7.65. The van der Waals surface area contributed by atoms with Crippen molar-refractivity contribution in [3.8, 4) is 11.8 Å². The first-order valence-electron chi connectivity index (χ1n) is 8.37. The van der Waals surface area contributed by atoms with Crippen molar-refractivity contribution >= 4 is 29.0 Å². The highest BCUT2D eigenvalue weighted by atomic mass is 32.1. The molecule has 1 N–H and O–H groups in total. The minimum Gasteiger partial charge on any atom is -0.496 e. The van der Waals surface area contributed by atoms with Crippen LogP contribution < -0.4 is 10.1 Å². The molecule has 146 valence electrons. The number of nitrogens with one attached hydrogen (secondary N) is 1. The summed E-state index contributed by atoms with van der Waals surface area (Å²) in [4.78, 5) is 40.1. The lowest BCUT2D eigenvalue weighted by molar-refractivity contribution is -0.147. The third kappa shape index (κ3) is 5.62. The zero-order valence-electron chi connectivity index (χ0n) is 15.4. The molecular weight excluding hydrogens is 382 g/mol. The number of carbonyl (C=O) groups excluding carboxylic acids is 3. The number of carbonyl (C=O) groups is 3.